The van der Waals surface area contributed by atoms with Crippen LogP contribution < -0.4 is 0 Å². The van der Waals surface area contributed by atoms with Gasteiger partial charge in [-0.1, -0.05) is 0 Å². The van der Waals surface area contributed by atoms with Crippen molar-refractivity contribution in [2.75, 3.05) is 0 Å². The van der Waals surface area contributed by atoms with Gasteiger partial charge in [-0.2, -0.15) is 26.3 Å². The van der Waals surface area contributed by atoms with Crippen LogP contribution in [0.1, 0.15) is 0 Å². The van der Waals surface area contributed by atoms with Crippen LogP contribution in [0.2, 0.25) is 0 Å². The average molecular weight is 492 g/mol. The van der Waals surface area contributed by atoms with Crippen molar-refractivity contribution in [3.05, 3.63) is 24.3 Å². The summed E-state index contributed by atoms with van der Waals surface area (Å²) in [4.78, 5) is 0. The lowest BCUT2D eigenvalue weighted by Crippen LogP contribution is -2.51. The molecule has 0 rings (SSSR count). The molecule has 0 N–H and O–H groups in total. The van der Waals surface area contributed by atoms with E-state index in [-0.39, 0.29) is 12.2 Å². The van der Waals surface area contributed by atoms with E-state index in [0.717, 1.165) is 0 Å². The topological polar surface area (TPSA) is 9.23 Å². The van der Waals surface area contributed by atoms with Gasteiger partial charge in [0.25, 0.3) is 12.9 Å². The molecular formula is C10H6Br2F10O. The quantitative estimate of drug-likeness (QED) is 0.253. The summed E-state index contributed by atoms with van der Waals surface area (Å²) >= 11 is 3.50. The Bertz CT molecular complexity index is 404. The standard InChI is InChI=1S/C10H6Br2F10O/c11-7(9(17,18)19,3-1-5(13)14)23-8(12,10(20,21)22)4-2-6(15)16/h1-6H. The molecule has 0 heterocycles. The normalized spacial score (nSPS) is 19.7. The Kier molecular flexibility index (Phi) is 7.62. The molecule has 2 unspecified atom stereocenters. The molecule has 2 atom stereocenters. The molecule has 0 saturated heterocycles. The predicted molar refractivity (Wildman–Crippen MR) is 66.8 cm³/mol. The van der Waals surface area contributed by atoms with Crippen molar-refractivity contribution in [3.63, 3.8) is 0 Å². The van der Waals surface area contributed by atoms with Crippen molar-refractivity contribution in [2.24, 2.45) is 0 Å². The Hall–Kier alpha value is -0.300. The first-order chi connectivity index (χ1) is 10.0. The van der Waals surface area contributed by atoms with Crippen molar-refractivity contribution < 1.29 is 48.6 Å². The number of allylic oxidation sites excluding steroid dienone is 2. The third-order valence-corrected chi connectivity index (χ3v) is 3.73. The first kappa shape index (κ1) is 22.7. The molecule has 0 amide bonds. The Morgan fingerprint density at radius 1 is 0.652 bits per heavy atom. The van der Waals surface area contributed by atoms with Gasteiger partial charge in [0.15, 0.2) is 0 Å². The summed E-state index contributed by atoms with van der Waals surface area (Å²) in [6, 6.07) is 0. The van der Waals surface area contributed by atoms with Gasteiger partial charge in [0.05, 0.1) is 0 Å². The van der Waals surface area contributed by atoms with Crippen LogP contribution in [0.4, 0.5) is 43.9 Å². The van der Waals surface area contributed by atoms with Gasteiger partial charge in [-0.25, -0.2) is 17.6 Å². The summed E-state index contributed by atoms with van der Waals surface area (Å²) in [6.45, 7) is 0. The summed E-state index contributed by atoms with van der Waals surface area (Å²) in [5.41, 5.74) is 0. The fourth-order valence-electron chi connectivity index (χ4n) is 0.982. The third-order valence-electron chi connectivity index (χ3n) is 1.98. The maximum absolute atomic E-state index is 12.8. The minimum Gasteiger partial charge on any atom is -0.320 e. The molecule has 0 aromatic heterocycles. The van der Waals surface area contributed by atoms with Crippen LogP contribution in [0, 0.1) is 0 Å². The van der Waals surface area contributed by atoms with Gasteiger partial charge in [0.2, 0.25) is 9.02 Å². The van der Waals surface area contributed by atoms with E-state index in [1.54, 1.807) is 31.9 Å². The Balaban J connectivity index is 5.90. The fourth-order valence-corrected chi connectivity index (χ4v) is 2.02. The Morgan fingerprint density at radius 3 is 1.09 bits per heavy atom. The first-order valence-corrected chi connectivity index (χ1v) is 6.79. The van der Waals surface area contributed by atoms with E-state index in [4.69, 9.17) is 0 Å². The summed E-state index contributed by atoms with van der Waals surface area (Å²) in [5.74, 6) is 0. The second-order valence-electron chi connectivity index (χ2n) is 3.77. The Morgan fingerprint density at radius 2 is 0.913 bits per heavy atom. The first-order valence-electron chi connectivity index (χ1n) is 5.20. The number of ether oxygens (including phenoxy) is 1. The molecule has 23 heavy (non-hydrogen) atoms. The van der Waals surface area contributed by atoms with Crippen molar-refractivity contribution in [2.45, 2.75) is 34.2 Å². The second kappa shape index (κ2) is 7.72. The number of alkyl halides is 12. The molecule has 136 valence electrons. The third kappa shape index (κ3) is 6.61. The predicted octanol–water partition coefficient (Wildman–Crippen LogP) is 5.95. The van der Waals surface area contributed by atoms with Crippen LogP contribution in [0.15, 0.2) is 24.3 Å². The van der Waals surface area contributed by atoms with Gasteiger partial charge >= 0.3 is 12.4 Å². The van der Waals surface area contributed by atoms with Crippen molar-refractivity contribution >= 4 is 31.9 Å². The lowest BCUT2D eigenvalue weighted by molar-refractivity contribution is -0.281. The van der Waals surface area contributed by atoms with E-state index < -0.39 is 46.4 Å². The van der Waals surface area contributed by atoms with Crippen LogP contribution >= 0.6 is 31.9 Å². The monoisotopic (exact) mass is 490 g/mol. The van der Waals surface area contributed by atoms with Gasteiger partial charge in [-0.3, -0.25) is 0 Å². The van der Waals surface area contributed by atoms with E-state index in [1.807, 2.05) is 0 Å². The molecule has 0 saturated carbocycles. The van der Waals surface area contributed by atoms with Crippen LogP contribution in [-0.2, 0) is 4.74 Å². The number of halogens is 12. The van der Waals surface area contributed by atoms with Gasteiger partial charge in [-0.15, -0.1) is 0 Å². The summed E-state index contributed by atoms with van der Waals surface area (Å²) in [6.07, 6.45) is -19.7. The van der Waals surface area contributed by atoms with Crippen molar-refractivity contribution in [3.8, 4) is 0 Å². The fraction of sp³-hybridized carbons (Fsp3) is 0.600. The molecule has 0 aromatic carbocycles. The van der Waals surface area contributed by atoms with Crippen molar-refractivity contribution in [1.82, 2.24) is 0 Å². The highest BCUT2D eigenvalue weighted by Gasteiger charge is 2.63. The lowest BCUT2D eigenvalue weighted by Gasteiger charge is -2.36. The van der Waals surface area contributed by atoms with Crippen LogP contribution in [-0.4, -0.2) is 34.2 Å². The summed E-state index contributed by atoms with van der Waals surface area (Å²) < 4.78 is 121. The maximum Gasteiger partial charge on any atom is 0.431 e. The zero-order valence-electron chi connectivity index (χ0n) is 10.4. The van der Waals surface area contributed by atoms with Gasteiger partial charge in [-0.05, 0) is 56.2 Å². The molecule has 0 aliphatic rings. The molecular weight excluding hydrogens is 486 g/mol. The van der Waals surface area contributed by atoms with E-state index in [9.17, 15) is 43.9 Å². The molecule has 0 aromatic rings. The average Bonchev–Trinajstić information content (AvgIpc) is 2.31. The molecule has 0 radical (unpaired) electrons. The zero-order valence-corrected chi connectivity index (χ0v) is 13.6. The van der Waals surface area contributed by atoms with Gasteiger partial charge < -0.3 is 4.74 Å². The maximum atomic E-state index is 12.8. The molecule has 0 aliphatic heterocycles. The smallest absolute Gasteiger partial charge is 0.320 e. The minimum atomic E-state index is -5.62. The highest BCUT2D eigenvalue weighted by Crippen LogP contribution is 2.50. The van der Waals surface area contributed by atoms with E-state index in [2.05, 4.69) is 4.74 Å². The molecule has 13 heteroatoms. The highest BCUT2D eigenvalue weighted by molar-refractivity contribution is 9.10. The number of hydrogen-bond acceptors (Lipinski definition) is 1. The van der Waals surface area contributed by atoms with E-state index in [1.165, 1.54) is 0 Å². The molecule has 1 nitrogen and oxygen atoms in total. The SMILES string of the molecule is FC(F)C=CC(Br)(OC(Br)(C=CC(F)F)C(F)(F)F)C(F)(F)F. The number of rotatable bonds is 6. The second-order valence-corrected chi connectivity index (χ2v) is 6.13. The largest absolute Gasteiger partial charge is 0.431 e. The molecule has 0 bridgehead atoms. The highest BCUT2D eigenvalue weighted by atomic mass is 79.9. The Labute approximate surface area is 139 Å². The zero-order chi connectivity index (χ0) is 18.7. The van der Waals surface area contributed by atoms with Crippen LogP contribution in [0.3, 0.4) is 0 Å². The van der Waals surface area contributed by atoms with Crippen LogP contribution in [0.25, 0.3) is 0 Å². The van der Waals surface area contributed by atoms with Crippen molar-refractivity contribution in [1.29, 1.82) is 0 Å². The molecule has 0 spiro atoms. The van der Waals surface area contributed by atoms with E-state index in [0.29, 0.717) is 0 Å². The van der Waals surface area contributed by atoms with Crippen LogP contribution in [0.5, 0.6) is 0 Å². The number of hydrogen-bond donors (Lipinski definition) is 0. The summed E-state index contributed by atoms with van der Waals surface area (Å²) in [5, 5.41) is 0. The minimum absolute atomic E-state index is 0.372. The van der Waals surface area contributed by atoms with E-state index >= 15 is 0 Å². The summed E-state index contributed by atoms with van der Waals surface area (Å²) in [7, 11) is 0. The molecule has 0 aliphatic carbocycles. The molecule has 0 fully saturated rings. The van der Waals surface area contributed by atoms with Gasteiger partial charge in [0, 0.05) is 0 Å². The lowest BCUT2D eigenvalue weighted by atomic mass is 10.2. The van der Waals surface area contributed by atoms with Gasteiger partial charge in [0.1, 0.15) is 0 Å².